The summed E-state index contributed by atoms with van der Waals surface area (Å²) in [6, 6.07) is 5.80. The molecule has 0 aliphatic heterocycles. The molecule has 92 valence electrons. The Labute approximate surface area is 104 Å². The smallest absolute Gasteiger partial charge is 0.0672 e. The Morgan fingerprint density at radius 3 is 2.53 bits per heavy atom. The highest BCUT2D eigenvalue weighted by atomic mass is 15.2. The molecule has 0 saturated heterocycles. The molecule has 0 bridgehead atoms. The van der Waals surface area contributed by atoms with E-state index in [1.54, 1.807) is 0 Å². The van der Waals surface area contributed by atoms with E-state index in [-0.39, 0.29) is 5.92 Å². The lowest BCUT2D eigenvalue weighted by Gasteiger charge is -2.39. The maximum atomic E-state index is 9.28. The minimum Gasteiger partial charge on any atom is -0.295 e. The zero-order chi connectivity index (χ0) is 12.3. The van der Waals surface area contributed by atoms with Crippen LogP contribution < -0.4 is 0 Å². The van der Waals surface area contributed by atoms with Crippen LogP contribution in [-0.4, -0.2) is 23.5 Å². The molecule has 2 aliphatic carbocycles. The van der Waals surface area contributed by atoms with E-state index in [9.17, 15) is 5.26 Å². The minimum atomic E-state index is 0.186. The molecule has 3 atom stereocenters. The Kier molecular flexibility index (Phi) is 4.02. The molecule has 2 rings (SSSR count). The molecular formula is C14H21N3. The van der Waals surface area contributed by atoms with Crippen LogP contribution in [0.1, 0.15) is 45.4 Å². The Hall–Kier alpha value is -1.06. The van der Waals surface area contributed by atoms with Gasteiger partial charge in [0, 0.05) is 25.0 Å². The lowest BCUT2D eigenvalue weighted by atomic mass is 9.79. The van der Waals surface area contributed by atoms with Crippen molar-refractivity contribution in [1.29, 1.82) is 10.5 Å². The van der Waals surface area contributed by atoms with Crippen LogP contribution >= 0.6 is 0 Å². The van der Waals surface area contributed by atoms with Gasteiger partial charge in [0.2, 0.25) is 0 Å². The van der Waals surface area contributed by atoms with Crippen molar-refractivity contribution in [2.45, 2.75) is 57.5 Å². The van der Waals surface area contributed by atoms with Gasteiger partial charge in [-0.25, -0.2) is 0 Å². The highest BCUT2D eigenvalue weighted by Crippen LogP contribution is 2.37. The van der Waals surface area contributed by atoms with Crippen LogP contribution in [0.2, 0.25) is 0 Å². The first kappa shape index (κ1) is 12.4. The molecular weight excluding hydrogens is 210 g/mol. The van der Waals surface area contributed by atoms with E-state index in [2.05, 4.69) is 24.0 Å². The van der Waals surface area contributed by atoms with Crippen molar-refractivity contribution in [2.75, 3.05) is 6.54 Å². The Morgan fingerprint density at radius 1 is 1.18 bits per heavy atom. The third-order valence-electron chi connectivity index (χ3n) is 4.17. The first-order valence-electron chi connectivity index (χ1n) is 6.78. The molecule has 2 saturated carbocycles. The van der Waals surface area contributed by atoms with Crippen LogP contribution in [0.4, 0.5) is 0 Å². The number of nitrogens with zero attached hydrogens (tertiary/aromatic N) is 3. The van der Waals surface area contributed by atoms with Gasteiger partial charge in [-0.15, -0.1) is 0 Å². The van der Waals surface area contributed by atoms with Gasteiger partial charge in [0.25, 0.3) is 0 Å². The van der Waals surface area contributed by atoms with Gasteiger partial charge in [0.15, 0.2) is 0 Å². The molecule has 3 nitrogen and oxygen atoms in total. The maximum absolute atomic E-state index is 9.28. The fraction of sp³-hybridized carbons (Fsp3) is 0.857. The van der Waals surface area contributed by atoms with E-state index < -0.39 is 0 Å². The van der Waals surface area contributed by atoms with Gasteiger partial charge in [0.05, 0.1) is 18.1 Å². The summed E-state index contributed by atoms with van der Waals surface area (Å²) in [7, 11) is 0. The van der Waals surface area contributed by atoms with Gasteiger partial charge in [-0.05, 0) is 38.0 Å². The van der Waals surface area contributed by atoms with Crippen LogP contribution in [0.3, 0.4) is 0 Å². The number of hydrogen-bond acceptors (Lipinski definition) is 3. The third-order valence-corrected chi connectivity index (χ3v) is 4.17. The predicted molar refractivity (Wildman–Crippen MR) is 65.9 cm³/mol. The van der Waals surface area contributed by atoms with Gasteiger partial charge in [-0.2, -0.15) is 10.5 Å². The number of rotatable bonds is 4. The second kappa shape index (κ2) is 5.52. The van der Waals surface area contributed by atoms with Crippen molar-refractivity contribution >= 4 is 0 Å². The summed E-state index contributed by atoms with van der Waals surface area (Å²) in [6.07, 6.45) is 6.48. The highest BCUT2D eigenvalue weighted by Gasteiger charge is 2.39. The molecule has 0 amide bonds. The molecule has 3 unspecified atom stereocenters. The summed E-state index contributed by atoms with van der Waals surface area (Å²) in [4.78, 5) is 2.47. The van der Waals surface area contributed by atoms with Crippen molar-refractivity contribution < 1.29 is 0 Å². The first-order valence-corrected chi connectivity index (χ1v) is 6.78. The SMILES string of the molecule is CC1CCC(C#N)C(N(CCC#N)C2CC2)C1. The zero-order valence-corrected chi connectivity index (χ0v) is 10.6. The molecule has 2 fully saturated rings. The quantitative estimate of drug-likeness (QED) is 0.747. The lowest BCUT2D eigenvalue weighted by Crippen LogP contribution is -2.45. The second-order valence-electron chi connectivity index (χ2n) is 5.60. The molecule has 0 aromatic heterocycles. The Bertz CT molecular complexity index is 334. The van der Waals surface area contributed by atoms with E-state index >= 15 is 0 Å². The largest absolute Gasteiger partial charge is 0.295 e. The summed E-state index contributed by atoms with van der Waals surface area (Å²) in [6.45, 7) is 3.15. The summed E-state index contributed by atoms with van der Waals surface area (Å²) < 4.78 is 0. The second-order valence-corrected chi connectivity index (χ2v) is 5.60. The van der Waals surface area contributed by atoms with Crippen LogP contribution in [0.25, 0.3) is 0 Å². The summed E-state index contributed by atoms with van der Waals surface area (Å²) in [5.74, 6) is 0.915. The van der Waals surface area contributed by atoms with Gasteiger partial charge in [-0.1, -0.05) is 6.92 Å². The fourth-order valence-corrected chi connectivity index (χ4v) is 3.07. The zero-order valence-electron chi connectivity index (χ0n) is 10.6. The first-order chi connectivity index (χ1) is 8.26. The standard InChI is InChI=1S/C14H21N3/c1-11-3-4-12(10-16)14(9-11)17(8-2-7-15)13-5-6-13/h11-14H,2-6,8-9H2,1H3. The van der Waals surface area contributed by atoms with Crippen molar-refractivity contribution in [1.82, 2.24) is 4.90 Å². The van der Waals surface area contributed by atoms with Crippen molar-refractivity contribution in [3.63, 3.8) is 0 Å². The predicted octanol–water partition coefficient (Wildman–Crippen LogP) is 2.69. The average molecular weight is 231 g/mol. The lowest BCUT2D eigenvalue weighted by molar-refractivity contribution is 0.0999. The molecule has 17 heavy (non-hydrogen) atoms. The number of hydrogen-bond donors (Lipinski definition) is 0. The molecule has 0 radical (unpaired) electrons. The van der Waals surface area contributed by atoms with Crippen LogP contribution in [0.15, 0.2) is 0 Å². The molecule has 0 aromatic rings. The molecule has 3 heteroatoms. The Morgan fingerprint density at radius 2 is 1.94 bits per heavy atom. The van der Waals surface area contributed by atoms with Crippen LogP contribution in [0, 0.1) is 34.5 Å². The van der Waals surface area contributed by atoms with Gasteiger partial charge in [0.1, 0.15) is 0 Å². The summed E-state index contributed by atoms with van der Waals surface area (Å²) in [5, 5.41) is 18.0. The summed E-state index contributed by atoms with van der Waals surface area (Å²) >= 11 is 0. The van der Waals surface area contributed by atoms with Crippen LogP contribution in [-0.2, 0) is 0 Å². The number of nitriles is 2. The minimum absolute atomic E-state index is 0.186. The van der Waals surface area contributed by atoms with E-state index in [0.29, 0.717) is 18.5 Å². The molecule has 2 aliphatic rings. The van der Waals surface area contributed by atoms with E-state index in [1.165, 1.54) is 19.3 Å². The van der Waals surface area contributed by atoms with Crippen molar-refractivity contribution in [3.05, 3.63) is 0 Å². The topological polar surface area (TPSA) is 50.8 Å². The third kappa shape index (κ3) is 2.99. The molecule has 0 heterocycles. The highest BCUT2D eigenvalue weighted by molar-refractivity contribution is 5.01. The van der Waals surface area contributed by atoms with Gasteiger partial charge in [-0.3, -0.25) is 4.90 Å². The fourth-order valence-electron chi connectivity index (χ4n) is 3.07. The normalized spacial score (nSPS) is 33.1. The molecule has 0 spiro atoms. The van der Waals surface area contributed by atoms with Crippen molar-refractivity contribution in [2.24, 2.45) is 11.8 Å². The monoisotopic (exact) mass is 231 g/mol. The Balaban J connectivity index is 2.04. The van der Waals surface area contributed by atoms with Crippen molar-refractivity contribution in [3.8, 4) is 12.1 Å². The van der Waals surface area contributed by atoms with E-state index in [1.807, 2.05) is 0 Å². The van der Waals surface area contributed by atoms with E-state index in [0.717, 1.165) is 25.3 Å². The molecule has 0 N–H and O–H groups in total. The average Bonchev–Trinajstić information content (AvgIpc) is 3.14. The summed E-state index contributed by atoms with van der Waals surface area (Å²) in [5.41, 5.74) is 0. The van der Waals surface area contributed by atoms with Gasteiger partial charge >= 0.3 is 0 Å². The van der Waals surface area contributed by atoms with E-state index in [4.69, 9.17) is 5.26 Å². The van der Waals surface area contributed by atoms with Crippen LogP contribution in [0.5, 0.6) is 0 Å². The molecule has 0 aromatic carbocycles. The van der Waals surface area contributed by atoms with Gasteiger partial charge < -0.3 is 0 Å². The maximum Gasteiger partial charge on any atom is 0.0672 e.